The number of carbonyl (C=O) groups excluding carboxylic acids is 1. The van der Waals surface area contributed by atoms with E-state index < -0.39 is 4.92 Å². The number of anilines is 1. The molecule has 1 aromatic carbocycles. The summed E-state index contributed by atoms with van der Waals surface area (Å²) in [7, 11) is 0. The van der Waals surface area contributed by atoms with E-state index in [1.807, 2.05) is 18.7 Å². The second-order valence-corrected chi connectivity index (χ2v) is 4.31. The average Bonchev–Trinajstić information content (AvgIpc) is 2.38. The normalized spacial score (nSPS) is 10.0. The lowest BCUT2D eigenvalue weighted by Crippen LogP contribution is -2.31. The van der Waals surface area contributed by atoms with Gasteiger partial charge in [0.1, 0.15) is 0 Å². The highest BCUT2D eigenvalue weighted by molar-refractivity contribution is 5.83. The lowest BCUT2D eigenvalue weighted by atomic mass is 10.1. The summed E-state index contributed by atoms with van der Waals surface area (Å²) in [4.78, 5) is 23.0. The second-order valence-electron chi connectivity index (χ2n) is 4.31. The van der Waals surface area contributed by atoms with Crippen molar-refractivity contribution < 1.29 is 9.72 Å². The van der Waals surface area contributed by atoms with Gasteiger partial charge in [0.2, 0.25) is 0 Å². The highest BCUT2D eigenvalue weighted by Gasteiger charge is 2.17. The highest BCUT2D eigenvalue weighted by atomic mass is 16.6. The molecule has 0 amide bonds. The van der Waals surface area contributed by atoms with Gasteiger partial charge in [0.15, 0.2) is 6.29 Å². The van der Waals surface area contributed by atoms with E-state index >= 15 is 0 Å². The van der Waals surface area contributed by atoms with Crippen LogP contribution in [0.15, 0.2) is 18.2 Å². The van der Waals surface area contributed by atoms with Crippen LogP contribution in [0.5, 0.6) is 0 Å². The molecule has 6 heteroatoms. The largest absolute Gasteiger partial charge is 0.368 e. The van der Waals surface area contributed by atoms with E-state index in [0.29, 0.717) is 24.9 Å². The van der Waals surface area contributed by atoms with Gasteiger partial charge in [0.25, 0.3) is 5.69 Å². The lowest BCUT2D eigenvalue weighted by Gasteiger charge is -2.28. The Balaban J connectivity index is 3.15. The molecule has 1 aromatic rings. The number of carbonyl (C=O) groups is 1. The van der Waals surface area contributed by atoms with Crippen molar-refractivity contribution in [3.63, 3.8) is 0 Å². The molecular weight excluding hydrogens is 246 g/mol. The Labute approximate surface area is 111 Å². The van der Waals surface area contributed by atoms with Crippen LogP contribution in [-0.4, -0.2) is 23.8 Å². The van der Waals surface area contributed by atoms with Crippen molar-refractivity contribution in [1.29, 1.82) is 5.26 Å². The van der Waals surface area contributed by atoms with Crippen molar-refractivity contribution in [3.8, 4) is 6.07 Å². The summed E-state index contributed by atoms with van der Waals surface area (Å²) in [6.07, 6.45) is 0.829. The molecule has 0 aliphatic carbocycles. The van der Waals surface area contributed by atoms with Gasteiger partial charge in [-0.25, -0.2) is 0 Å². The third kappa shape index (κ3) is 3.52. The fraction of sp³-hybridized carbons (Fsp3) is 0.385. The third-order valence-electron chi connectivity index (χ3n) is 2.75. The first-order chi connectivity index (χ1) is 9.01. The highest BCUT2D eigenvalue weighted by Crippen LogP contribution is 2.25. The number of nitro benzene ring substituents is 1. The number of benzene rings is 1. The molecule has 0 spiro atoms. The molecule has 1 rings (SSSR count). The quantitative estimate of drug-likeness (QED) is 0.446. The Morgan fingerprint density at radius 2 is 2.21 bits per heavy atom. The number of nitrogens with zero attached hydrogens (tertiary/aromatic N) is 3. The van der Waals surface area contributed by atoms with Crippen LogP contribution < -0.4 is 4.90 Å². The zero-order valence-electron chi connectivity index (χ0n) is 10.9. The summed E-state index contributed by atoms with van der Waals surface area (Å²) >= 11 is 0. The van der Waals surface area contributed by atoms with Crippen LogP contribution in [0, 0.1) is 21.4 Å². The van der Waals surface area contributed by atoms with Crippen LogP contribution in [0.2, 0.25) is 0 Å². The Morgan fingerprint density at radius 3 is 2.68 bits per heavy atom. The van der Waals surface area contributed by atoms with Gasteiger partial charge in [-0.2, -0.15) is 5.26 Å². The molecular formula is C13H15N3O3. The zero-order chi connectivity index (χ0) is 14.4. The van der Waals surface area contributed by atoms with Crippen molar-refractivity contribution in [2.75, 3.05) is 11.4 Å². The van der Waals surface area contributed by atoms with Gasteiger partial charge in [-0.05, 0) is 26.0 Å². The SMILES string of the molecule is CC(C)N(CCC#N)c1ccc([N+](=O)[O-])c(C=O)c1. The summed E-state index contributed by atoms with van der Waals surface area (Å²) in [5, 5.41) is 19.4. The van der Waals surface area contributed by atoms with Crippen molar-refractivity contribution in [2.45, 2.75) is 26.3 Å². The van der Waals surface area contributed by atoms with Gasteiger partial charge >= 0.3 is 0 Å². The second kappa shape index (κ2) is 6.50. The van der Waals surface area contributed by atoms with E-state index in [1.165, 1.54) is 12.1 Å². The number of rotatable bonds is 6. The van der Waals surface area contributed by atoms with Crippen molar-refractivity contribution in [3.05, 3.63) is 33.9 Å². The van der Waals surface area contributed by atoms with Crippen LogP contribution >= 0.6 is 0 Å². The van der Waals surface area contributed by atoms with E-state index in [9.17, 15) is 14.9 Å². The Morgan fingerprint density at radius 1 is 1.53 bits per heavy atom. The van der Waals surface area contributed by atoms with Crippen LogP contribution in [0.25, 0.3) is 0 Å². The number of nitriles is 1. The Hall–Kier alpha value is -2.42. The molecule has 0 aliphatic heterocycles. The summed E-state index contributed by atoms with van der Waals surface area (Å²) in [5.74, 6) is 0. The summed E-state index contributed by atoms with van der Waals surface area (Å²) < 4.78 is 0. The molecule has 100 valence electrons. The molecule has 0 unspecified atom stereocenters. The number of aldehydes is 1. The average molecular weight is 261 g/mol. The maximum Gasteiger partial charge on any atom is 0.280 e. The van der Waals surface area contributed by atoms with Crippen LogP contribution in [0.4, 0.5) is 11.4 Å². The Bertz CT molecular complexity index is 520. The van der Waals surface area contributed by atoms with Gasteiger partial charge in [-0.1, -0.05) is 0 Å². The monoisotopic (exact) mass is 261 g/mol. The fourth-order valence-electron chi connectivity index (χ4n) is 1.84. The molecule has 0 atom stereocenters. The summed E-state index contributed by atoms with van der Waals surface area (Å²) in [6, 6.07) is 6.60. The van der Waals surface area contributed by atoms with E-state index in [0.717, 1.165) is 0 Å². The molecule has 0 radical (unpaired) electrons. The standard InChI is InChI=1S/C13H15N3O3/c1-10(2)15(7-3-6-14)12-4-5-13(16(18)19)11(8-12)9-17/h4-5,8-10H,3,7H2,1-2H3. The molecule has 0 aliphatic rings. The van der Waals surface area contributed by atoms with Crippen molar-refractivity contribution in [2.24, 2.45) is 0 Å². The molecule has 19 heavy (non-hydrogen) atoms. The summed E-state index contributed by atoms with van der Waals surface area (Å²) in [6.45, 7) is 4.43. The van der Waals surface area contributed by atoms with Crippen LogP contribution in [0.3, 0.4) is 0 Å². The first-order valence-electron chi connectivity index (χ1n) is 5.88. The van der Waals surface area contributed by atoms with Gasteiger partial charge in [-0.3, -0.25) is 14.9 Å². The van der Waals surface area contributed by atoms with Crippen LogP contribution in [-0.2, 0) is 0 Å². The van der Waals surface area contributed by atoms with E-state index in [-0.39, 0.29) is 17.3 Å². The molecule has 0 saturated heterocycles. The zero-order valence-corrected chi connectivity index (χ0v) is 10.9. The van der Waals surface area contributed by atoms with E-state index in [2.05, 4.69) is 6.07 Å². The molecule has 0 aromatic heterocycles. The smallest absolute Gasteiger partial charge is 0.280 e. The third-order valence-corrected chi connectivity index (χ3v) is 2.75. The number of nitro groups is 1. The molecule has 0 heterocycles. The van der Waals surface area contributed by atoms with Gasteiger partial charge in [-0.15, -0.1) is 0 Å². The first kappa shape index (κ1) is 14.6. The maximum atomic E-state index is 10.9. The predicted molar refractivity (Wildman–Crippen MR) is 71.2 cm³/mol. The molecule has 0 N–H and O–H groups in total. The Kier molecular flexibility index (Phi) is 5.01. The predicted octanol–water partition coefficient (Wildman–Crippen LogP) is 2.54. The number of hydrogen-bond acceptors (Lipinski definition) is 5. The van der Waals surface area contributed by atoms with Crippen molar-refractivity contribution >= 4 is 17.7 Å². The molecule has 0 saturated carbocycles. The van der Waals surface area contributed by atoms with E-state index in [1.54, 1.807) is 6.07 Å². The lowest BCUT2D eigenvalue weighted by molar-refractivity contribution is -0.385. The fourth-order valence-corrected chi connectivity index (χ4v) is 1.84. The first-order valence-corrected chi connectivity index (χ1v) is 5.88. The number of hydrogen-bond donors (Lipinski definition) is 0. The maximum absolute atomic E-state index is 10.9. The minimum absolute atomic E-state index is 0.0464. The topological polar surface area (TPSA) is 87.2 Å². The molecule has 0 bridgehead atoms. The van der Waals surface area contributed by atoms with Gasteiger partial charge in [0, 0.05) is 24.3 Å². The van der Waals surface area contributed by atoms with E-state index in [4.69, 9.17) is 5.26 Å². The minimum Gasteiger partial charge on any atom is -0.368 e. The molecule has 0 fully saturated rings. The minimum atomic E-state index is -0.581. The summed E-state index contributed by atoms with van der Waals surface area (Å²) in [5.41, 5.74) is 0.547. The van der Waals surface area contributed by atoms with Gasteiger partial charge < -0.3 is 4.90 Å². The molecule has 6 nitrogen and oxygen atoms in total. The van der Waals surface area contributed by atoms with Crippen LogP contribution in [0.1, 0.15) is 30.6 Å². The van der Waals surface area contributed by atoms with Crippen molar-refractivity contribution in [1.82, 2.24) is 0 Å². The van der Waals surface area contributed by atoms with Gasteiger partial charge in [0.05, 0.1) is 23.0 Å².